The highest BCUT2D eigenvalue weighted by Gasteiger charge is 2.16. The first-order valence-electron chi connectivity index (χ1n) is 5.96. The Morgan fingerprint density at radius 1 is 1.37 bits per heavy atom. The van der Waals surface area contributed by atoms with Gasteiger partial charge in [-0.1, -0.05) is 30.3 Å². The Kier molecular flexibility index (Phi) is 4.07. The third-order valence-corrected chi connectivity index (χ3v) is 3.87. The highest BCUT2D eigenvalue weighted by atomic mass is 32.2. The van der Waals surface area contributed by atoms with Gasteiger partial charge in [-0.15, -0.1) is 0 Å². The molecule has 19 heavy (non-hydrogen) atoms. The van der Waals surface area contributed by atoms with Crippen molar-refractivity contribution in [3.63, 3.8) is 0 Å². The van der Waals surface area contributed by atoms with Crippen molar-refractivity contribution in [2.75, 3.05) is 6.26 Å². The number of rotatable bonds is 4. The summed E-state index contributed by atoms with van der Waals surface area (Å²) in [6.07, 6.45) is 2.27. The summed E-state index contributed by atoms with van der Waals surface area (Å²) < 4.78 is 21.5. The predicted octanol–water partition coefficient (Wildman–Crippen LogP) is 1.55. The van der Waals surface area contributed by atoms with Crippen LogP contribution in [0.4, 0.5) is 0 Å². The Morgan fingerprint density at radius 3 is 2.68 bits per heavy atom. The summed E-state index contributed by atoms with van der Waals surface area (Å²) in [4.78, 5) is 0. The van der Waals surface area contributed by atoms with Gasteiger partial charge in [0.1, 0.15) is 12.4 Å². The molecule has 2 atom stereocenters. The molecule has 1 aromatic carbocycles. The zero-order chi connectivity index (χ0) is 13.9. The van der Waals surface area contributed by atoms with Crippen LogP contribution >= 0.6 is 0 Å². The Morgan fingerprint density at radius 2 is 2.05 bits per heavy atom. The Hall–Kier alpha value is -1.59. The maximum atomic E-state index is 11.9. The van der Waals surface area contributed by atoms with Crippen LogP contribution in [-0.2, 0) is 21.1 Å². The number of benzene rings is 1. The number of hydrogen-bond donors (Lipinski definition) is 1. The SMILES string of the molecule is C[C@H](O)C1=C(OCc2ccccc2)C=S(C)(=O)N=C1. The molecule has 1 N–H and O–H groups in total. The molecule has 5 heteroatoms. The van der Waals surface area contributed by atoms with Crippen molar-refractivity contribution in [1.82, 2.24) is 0 Å². The lowest BCUT2D eigenvalue weighted by atomic mass is 10.1. The minimum Gasteiger partial charge on any atom is -0.488 e. The van der Waals surface area contributed by atoms with Crippen LogP contribution in [0.2, 0.25) is 0 Å². The van der Waals surface area contributed by atoms with E-state index in [1.165, 1.54) is 17.8 Å². The lowest BCUT2D eigenvalue weighted by Crippen LogP contribution is -2.18. The summed E-state index contributed by atoms with van der Waals surface area (Å²) >= 11 is 0. The molecule has 0 bridgehead atoms. The zero-order valence-corrected chi connectivity index (χ0v) is 11.8. The van der Waals surface area contributed by atoms with Crippen LogP contribution in [0.1, 0.15) is 12.5 Å². The van der Waals surface area contributed by atoms with Crippen LogP contribution in [-0.4, -0.2) is 33.3 Å². The zero-order valence-electron chi connectivity index (χ0n) is 10.9. The van der Waals surface area contributed by atoms with Gasteiger partial charge in [0.05, 0.1) is 21.2 Å². The molecule has 0 fully saturated rings. The number of hydrogen-bond acceptors (Lipinski definition) is 3. The third-order valence-electron chi connectivity index (χ3n) is 2.70. The topological polar surface area (TPSA) is 58.9 Å². The van der Waals surface area contributed by atoms with Gasteiger partial charge in [0.2, 0.25) is 0 Å². The summed E-state index contributed by atoms with van der Waals surface area (Å²) in [5.41, 5.74) is 1.57. The van der Waals surface area contributed by atoms with Gasteiger partial charge in [0.25, 0.3) is 0 Å². The average Bonchev–Trinajstić information content (AvgIpc) is 2.36. The van der Waals surface area contributed by atoms with Crippen LogP contribution in [0.25, 0.3) is 0 Å². The molecule has 0 saturated heterocycles. The number of nitrogens with zero attached hydrogens (tertiary/aromatic N) is 1. The second-order valence-electron chi connectivity index (χ2n) is 4.48. The molecule has 0 aromatic heterocycles. The molecule has 1 heterocycles. The van der Waals surface area contributed by atoms with Crippen molar-refractivity contribution in [2.45, 2.75) is 19.6 Å². The molecule has 4 nitrogen and oxygen atoms in total. The van der Waals surface area contributed by atoms with Crippen molar-refractivity contribution in [2.24, 2.45) is 4.40 Å². The monoisotopic (exact) mass is 279 g/mol. The molecule has 0 spiro atoms. The van der Waals surface area contributed by atoms with Gasteiger partial charge in [0, 0.05) is 18.0 Å². The van der Waals surface area contributed by atoms with E-state index in [1.807, 2.05) is 30.3 Å². The second kappa shape index (κ2) is 5.59. The average molecular weight is 279 g/mol. The Bertz CT molecular complexity index is 623. The van der Waals surface area contributed by atoms with Gasteiger partial charge >= 0.3 is 0 Å². The van der Waals surface area contributed by atoms with Crippen molar-refractivity contribution in [1.29, 1.82) is 0 Å². The first-order chi connectivity index (χ1) is 8.98. The standard InChI is InChI=1S/C14H17NO3S/c1-11(16)13-8-15-19(2,17)10-14(13)18-9-12-6-4-3-5-7-12/h3-8,10-11,16H,9H2,1-2H3/t11-,19?/m0/s1. The van der Waals surface area contributed by atoms with E-state index in [9.17, 15) is 9.32 Å². The summed E-state index contributed by atoms with van der Waals surface area (Å²) in [5, 5.41) is 11.2. The van der Waals surface area contributed by atoms with E-state index in [2.05, 4.69) is 4.40 Å². The smallest absolute Gasteiger partial charge is 0.136 e. The van der Waals surface area contributed by atoms with Crippen LogP contribution in [0.5, 0.6) is 0 Å². The maximum Gasteiger partial charge on any atom is 0.136 e. The summed E-state index contributed by atoms with van der Waals surface area (Å²) in [7, 11) is -2.40. The van der Waals surface area contributed by atoms with Gasteiger partial charge in [-0.05, 0) is 12.5 Å². The Labute approximate surface area is 113 Å². The number of allylic oxidation sites excluding steroid dienone is 1. The predicted molar refractivity (Wildman–Crippen MR) is 78.6 cm³/mol. The van der Waals surface area contributed by atoms with E-state index in [-0.39, 0.29) is 0 Å². The highest BCUT2D eigenvalue weighted by molar-refractivity contribution is 7.99. The molecule has 0 saturated carbocycles. The molecule has 1 aliphatic heterocycles. The molecular weight excluding hydrogens is 262 g/mol. The molecular formula is C14H17NO3S. The fraction of sp³-hybridized carbons (Fsp3) is 0.286. The van der Waals surface area contributed by atoms with E-state index >= 15 is 0 Å². The Balaban J connectivity index is 2.23. The number of ether oxygens (including phenoxy) is 1. The van der Waals surface area contributed by atoms with Crippen LogP contribution in [0.3, 0.4) is 0 Å². The lowest BCUT2D eigenvalue weighted by molar-refractivity contribution is 0.196. The lowest BCUT2D eigenvalue weighted by Gasteiger charge is -2.17. The van der Waals surface area contributed by atoms with Gasteiger partial charge in [-0.2, -0.15) is 0 Å². The van der Waals surface area contributed by atoms with Crippen molar-refractivity contribution in [3.8, 4) is 0 Å². The van der Waals surface area contributed by atoms with E-state index in [1.54, 1.807) is 6.92 Å². The fourth-order valence-electron chi connectivity index (χ4n) is 1.69. The minimum atomic E-state index is -2.40. The third kappa shape index (κ3) is 3.68. The number of aliphatic hydroxyl groups is 1. The summed E-state index contributed by atoms with van der Waals surface area (Å²) in [5.74, 6) is 0.446. The normalized spacial score (nSPS) is 23.9. The molecule has 1 aromatic rings. The van der Waals surface area contributed by atoms with E-state index < -0.39 is 15.8 Å². The van der Waals surface area contributed by atoms with E-state index in [0.29, 0.717) is 17.9 Å². The molecule has 1 unspecified atom stereocenters. The van der Waals surface area contributed by atoms with E-state index in [0.717, 1.165) is 5.56 Å². The molecule has 0 aliphatic carbocycles. The van der Waals surface area contributed by atoms with Crippen LogP contribution < -0.4 is 0 Å². The molecule has 2 rings (SSSR count). The van der Waals surface area contributed by atoms with Gasteiger partial charge in [-0.25, -0.2) is 8.61 Å². The molecule has 0 radical (unpaired) electrons. The first-order valence-corrected chi connectivity index (χ1v) is 7.95. The summed E-state index contributed by atoms with van der Waals surface area (Å²) in [6.45, 7) is 2.00. The quantitative estimate of drug-likeness (QED) is 0.851. The van der Waals surface area contributed by atoms with Crippen LogP contribution in [0.15, 0.2) is 46.1 Å². The number of aliphatic hydroxyl groups excluding tert-OH is 1. The highest BCUT2D eigenvalue weighted by Crippen LogP contribution is 2.15. The first kappa shape index (κ1) is 13.8. The van der Waals surface area contributed by atoms with Crippen molar-refractivity contribution >= 4 is 21.3 Å². The van der Waals surface area contributed by atoms with Crippen molar-refractivity contribution in [3.05, 3.63) is 47.2 Å². The molecule has 1 aliphatic rings. The van der Waals surface area contributed by atoms with Crippen molar-refractivity contribution < 1.29 is 14.1 Å². The maximum absolute atomic E-state index is 11.9. The largest absolute Gasteiger partial charge is 0.488 e. The van der Waals surface area contributed by atoms with E-state index in [4.69, 9.17) is 4.74 Å². The summed E-state index contributed by atoms with van der Waals surface area (Å²) in [6, 6.07) is 9.68. The minimum absolute atomic E-state index is 0.367. The fourth-order valence-corrected chi connectivity index (χ4v) is 2.67. The van der Waals surface area contributed by atoms with Gasteiger partial charge < -0.3 is 9.84 Å². The van der Waals surface area contributed by atoms with Gasteiger partial charge in [0.15, 0.2) is 0 Å². The van der Waals surface area contributed by atoms with Gasteiger partial charge in [-0.3, -0.25) is 0 Å². The molecule has 102 valence electrons. The second-order valence-corrected chi connectivity index (χ2v) is 6.65. The molecule has 0 amide bonds. The van der Waals surface area contributed by atoms with Crippen LogP contribution in [0, 0.1) is 0 Å².